The highest BCUT2D eigenvalue weighted by Gasteiger charge is 2.12. The Morgan fingerprint density at radius 2 is 1.40 bits per heavy atom. The Balaban J connectivity index is 1.69. The predicted molar refractivity (Wildman–Crippen MR) is 112 cm³/mol. The van der Waals surface area contributed by atoms with Crippen LogP contribution in [-0.2, 0) is 6.42 Å². The van der Waals surface area contributed by atoms with Crippen LogP contribution >= 0.6 is 0 Å². The maximum atomic E-state index is 6.59. The third-order valence-corrected chi connectivity index (χ3v) is 5.57. The van der Waals surface area contributed by atoms with Crippen molar-refractivity contribution in [2.45, 2.75) is 51.9 Å². The molecule has 0 saturated heterocycles. The minimum absolute atomic E-state index is 0.985. The Morgan fingerprint density at radius 3 is 2.20 bits per heavy atom. The van der Waals surface area contributed by atoms with E-state index in [2.05, 4.69) is 55.5 Å². The van der Waals surface area contributed by atoms with Gasteiger partial charge >= 0.3 is 0 Å². The maximum absolute atomic E-state index is 6.59. The van der Waals surface area contributed by atoms with E-state index in [4.69, 9.17) is 5.73 Å². The lowest BCUT2D eigenvalue weighted by Crippen LogP contribution is -1.98. The molecule has 0 aliphatic rings. The van der Waals surface area contributed by atoms with E-state index in [1.54, 1.807) is 0 Å². The molecule has 0 unspecified atom stereocenters. The smallest absolute Gasteiger partial charge is 0.0426 e. The van der Waals surface area contributed by atoms with Crippen LogP contribution in [0.3, 0.4) is 0 Å². The Kier molecular flexibility index (Phi) is 4.48. The Morgan fingerprint density at radius 1 is 0.720 bits per heavy atom. The summed E-state index contributed by atoms with van der Waals surface area (Å²) < 4.78 is 0. The monoisotopic (exact) mass is 329 g/mol. The summed E-state index contributed by atoms with van der Waals surface area (Å²) >= 11 is 0. The van der Waals surface area contributed by atoms with E-state index < -0.39 is 0 Å². The molecule has 0 saturated carbocycles. The van der Waals surface area contributed by atoms with Gasteiger partial charge in [-0.05, 0) is 51.4 Å². The van der Waals surface area contributed by atoms with Crippen molar-refractivity contribution in [1.82, 2.24) is 0 Å². The Hall–Kier alpha value is -2.28. The summed E-state index contributed by atoms with van der Waals surface area (Å²) in [4.78, 5) is 0. The molecule has 2 N–H and O–H groups in total. The SMILES string of the molecule is CCCCCCCCc1cc2ccc3cccc4ccc(c1N)c2c34. The van der Waals surface area contributed by atoms with Gasteiger partial charge < -0.3 is 5.73 Å². The van der Waals surface area contributed by atoms with Gasteiger partial charge in [0.15, 0.2) is 0 Å². The fourth-order valence-electron chi connectivity index (χ4n) is 4.19. The average Bonchev–Trinajstić information content (AvgIpc) is 2.65. The quantitative estimate of drug-likeness (QED) is 0.219. The molecule has 0 heterocycles. The van der Waals surface area contributed by atoms with Gasteiger partial charge in [-0.1, -0.05) is 81.5 Å². The van der Waals surface area contributed by atoms with Crippen molar-refractivity contribution in [3.8, 4) is 0 Å². The second-order valence-electron chi connectivity index (χ2n) is 7.32. The third kappa shape index (κ3) is 2.93. The lowest BCUT2D eigenvalue weighted by molar-refractivity contribution is 0.608. The van der Waals surface area contributed by atoms with Gasteiger partial charge in [0.1, 0.15) is 0 Å². The summed E-state index contributed by atoms with van der Waals surface area (Å²) in [6.07, 6.45) is 9.03. The predicted octanol–water partition coefficient (Wildman–Crippen LogP) is 7.07. The van der Waals surface area contributed by atoms with Gasteiger partial charge in [-0.25, -0.2) is 0 Å². The first-order chi connectivity index (χ1) is 12.3. The Bertz CT molecular complexity index is 983. The van der Waals surface area contributed by atoms with E-state index in [1.807, 2.05) is 0 Å². The van der Waals surface area contributed by atoms with E-state index in [-0.39, 0.29) is 0 Å². The van der Waals surface area contributed by atoms with Crippen LogP contribution in [0.1, 0.15) is 51.0 Å². The summed E-state index contributed by atoms with van der Waals surface area (Å²) in [5.74, 6) is 0. The van der Waals surface area contributed by atoms with Crippen molar-refractivity contribution >= 4 is 38.0 Å². The number of hydrogen-bond donors (Lipinski definition) is 1. The minimum Gasteiger partial charge on any atom is -0.398 e. The van der Waals surface area contributed by atoms with Crippen LogP contribution in [0, 0.1) is 0 Å². The highest BCUT2D eigenvalue weighted by Crippen LogP contribution is 2.38. The first kappa shape index (κ1) is 16.2. The number of unbranched alkanes of at least 4 members (excludes halogenated alkanes) is 5. The molecule has 4 aromatic rings. The highest BCUT2D eigenvalue weighted by molar-refractivity contribution is 6.25. The number of nitrogen functional groups attached to an aromatic ring is 1. The van der Waals surface area contributed by atoms with Gasteiger partial charge in [-0.15, -0.1) is 0 Å². The lowest BCUT2D eigenvalue weighted by atomic mass is 9.90. The van der Waals surface area contributed by atoms with Crippen molar-refractivity contribution in [3.63, 3.8) is 0 Å². The molecule has 0 radical (unpaired) electrons. The first-order valence-electron chi connectivity index (χ1n) is 9.74. The zero-order chi connectivity index (χ0) is 17.2. The van der Waals surface area contributed by atoms with Crippen LogP contribution in [0.25, 0.3) is 32.3 Å². The number of anilines is 1. The first-order valence-corrected chi connectivity index (χ1v) is 9.74. The van der Waals surface area contributed by atoms with Crippen molar-refractivity contribution in [3.05, 3.63) is 54.1 Å². The van der Waals surface area contributed by atoms with E-state index in [0.29, 0.717) is 0 Å². The summed E-state index contributed by atoms with van der Waals surface area (Å²) in [6, 6.07) is 17.8. The van der Waals surface area contributed by atoms with Crippen molar-refractivity contribution in [1.29, 1.82) is 0 Å². The number of nitrogens with two attached hydrogens (primary N) is 1. The molecular weight excluding hydrogens is 302 g/mol. The summed E-state index contributed by atoms with van der Waals surface area (Å²) in [6.45, 7) is 2.27. The standard InChI is InChI=1S/C24H27N/c1-2-3-4-5-6-7-9-20-16-19-13-12-17-10-8-11-18-14-15-21(24(20)25)23(19)22(17)18/h8,10-16H,2-7,9,25H2,1H3. The molecule has 128 valence electrons. The summed E-state index contributed by atoms with van der Waals surface area (Å²) in [5, 5.41) is 7.85. The molecule has 0 aliphatic heterocycles. The van der Waals surface area contributed by atoms with Crippen molar-refractivity contribution < 1.29 is 0 Å². The third-order valence-electron chi connectivity index (χ3n) is 5.57. The molecule has 0 amide bonds. The second-order valence-corrected chi connectivity index (χ2v) is 7.32. The zero-order valence-corrected chi connectivity index (χ0v) is 15.1. The van der Waals surface area contributed by atoms with Gasteiger partial charge in [-0.3, -0.25) is 0 Å². The molecule has 0 fully saturated rings. The number of hydrogen-bond acceptors (Lipinski definition) is 1. The van der Waals surface area contributed by atoms with Gasteiger partial charge in [0.05, 0.1) is 0 Å². The van der Waals surface area contributed by atoms with E-state index >= 15 is 0 Å². The van der Waals surface area contributed by atoms with Crippen LogP contribution < -0.4 is 5.73 Å². The average molecular weight is 329 g/mol. The van der Waals surface area contributed by atoms with E-state index in [9.17, 15) is 0 Å². The summed E-state index contributed by atoms with van der Waals surface area (Å²) in [5.41, 5.74) is 8.90. The number of rotatable bonds is 7. The van der Waals surface area contributed by atoms with Gasteiger partial charge in [0.2, 0.25) is 0 Å². The van der Waals surface area contributed by atoms with Gasteiger partial charge in [0.25, 0.3) is 0 Å². The molecule has 0 bridgehead atoms. The number of benzene rings is 4. The van der Waals surface area contributed by atoms with Crippen molar-refractivity contribution in [2.24, 2.45) is 0 Å². The molecule has 4 rings (SSSR count). The molecule has 0 atom stereocenters. The van der Waals surface area contributed by atoms with Gasteiger partial charge in [-0.2, -0.15) is 0 Å². The lowest BCUT2D eigenvalue weighted by Gasteiger charge is -2.15. The maximum Gasteiger partial charge on any atom is 0.0426 e. The van der Waals surface area contributed by atoms with Crippen LogP contribution in [0.2, 0.25) is 0 Å². The zero-order valence-electron chi connectivity index (χ0n) is 15.1. The molecule has 0 aliphatic carbocycles. The highest BCUT2D eigenvalue weighted by atomic mass is 14.6. The molecule has 4 aromatic carbocycles. The van der Waals surface area contributed by atoms with Crippen LogP contribution in [0.4, 0.5) is 5.69 Å². The number of aryl methyl sites for hydroxylation is 1. The molecule has 1 nitrogen and oxygen atoms in total. The van der Waals surface area contributed by atoms with Crippen molar-refractivity contribution in [2.75, 3.05) is 5.73 Å². The second kappa shape index (κ2) is 6.92. The Labute approximate surface area is 150 Å². The fourth-order valence-corrected chi connectivity index (χ4v) is 4.19. The van der Waals surface area contributed by atoms with Crippen LogP contribution in [-0.4, -0.2) is 0 Å². The van der Waals surface area contributed by atoms with E-state index in [1.165, 1.54) is 76.4 Å². The molecular formula is C24H27N. The minimum atomic E-state index is 0.985. The molecule has 0 spiro atoms. The fraction of sp³-hybridized carbons (Fsp3) is 0.333. The molecule has 1 heteroatoms. The van der Waals surface area contributed by atoms with Gasteiger partial charge in [0, 0.05) is 11.1 Å². The molecule has 0 aromatic heterocycles. The van der Waals surface area contributed by atoms with E-state index in [0.717, 1.165) is 12.1 Å². The largest absolute Gasteiger partial charge is 0.398 e. The van der Waals surface area contributed by atoms with Crippen LogP contribution in [0.15, 0.2) is 48.5 Å². The van der Waals surface area contributed by atoms with Crippen LogP contribution in [0.5, 0.6) is 0 Å². The topological polar surface area (TPSA) is 26.0 Å². The molecule has 25 heavy (non-hydrogen) atoms. The summed E-state index contributed by atoms with van der Waals surface area (Å²) in [7, 11) is 0. The normalized spacial score (nSPS) is 11.9.